The first-order valence-electron chi connectivity index (χ1n) is 8.40. The maximum Gasteiger partial charge on any atom is 0.268 e. The van der Waals surface area contributed by atoms with Crippen LogP contribution < -0.4 is 4.31 Å². The van der Waals surface area contributed by atoms with Crippen LogP contribution in [0.2, 0.25) is 5.02 Å². The SMILES string of the molecule is O=S(=O)(c1ccc(Cl)cc1)N(c1ccccc1)c1ccc2ccccc2c1. The Bertz CT molecular complexity index is 1190. The van der Waals surface area contributed by atoms with Crippen molar-refractivity contribution in [1.82, 2.24) is 0 Å². The van der Waals surface area contributed by atoms with E-state index in [2.05, 4.69) is 0 Å². The molecule has 0 fully saturated rings. The van der Waals surface area contributed by atoms with Gasteiger partial charge in [-0.15, -0.1) is 0 Å². The Hall–Kier alpha value is -2.82. The molecule has 3 nitrogen and oxygen atoms in total. The number of benzene rings is 4. The van der Waals surface area contributed by atoms with Crippen molar-refractivity contribution in [3.05, 3.63) is 102 Å². The van der Waals surface area contributed by atoms with Crippen LogP contribution >= 0.6 is 11.6 Å². The fourth-order valence-electron chi connectivity index (χ4n) is 3.01. The summed E-state index contributed by atoms with van der Waals surface area (Å²) in [4.78, 5) is 0.184. The molecular weight excluding hydrogens is 378 g/mol. The summed E-state index contributed by atoms with van der Waals surface area (Å²) in [5.74, 6) is 0. The van der Waals surface area contributed by atoms with Gasteiger partial charge < -0.3 is 0 Å². The first-order chi connectivity index (χ1) is 13.1. The van der Waals surface area contributed by atoms with Crippen LogP contribution in [0.15, 0.2) is 102 Å². The molecule has 0 aliphatic heterocycles. The van der Waals surface area contributed by atoms with E-state index in [1.54, 1.807) is 24.3 Å². The van der Waals surface area contributed by atoms with E-state index in [1.165, 1.54) is 16.4 Å². The number of anilines is 2. The van der Waals surface area contributed by atoms with E-state index in [0.717, 1.165) is 10.8 Å². The van der Waals surface area contributed by atoms with Crippen molar-refractivity contribution in [2.24, 2.45) is 0 Å². The Morgan fingerprint density at radius 2 is 1.26 bits per heavy atom. The number of sulfonamides is 1. The summed E-state index contributed by atoms with van der Waals surface area (Å²) < 4.78 is 28.3. The molecule has 4 rings (SSSR count). The van der Waals surface area contributed by atoms with Crippen molar-refractivity contribution in [3.63, 3.8) is 0 Å². The summed E-state index contributed by atoms with van der Waals surface area (Å²) >= 11 is 5.93. The minimum Gasteiger partial charge on any atom is -0.234 e. The highest BCUT2D eigenvalue weighted by Crippen LogP contribution is 2.34. The molecule has 27 heavy (non-hydrogen) atoms. The third-order valence-electron chi connectivity index (χ3n) is 4.31. The predicted molar refractivity (Wildman–Crippen MR) is 111 cm³/mol. The molecule has 0 bridgehead atoms. The molecule has 0 aromatic heterocycles. The van der Waals surface area contributed by atoms with Crippen molar-refractivity contribution in [2.45, 2.75) is 4.90 Å². The van der Waals surface area contributed by atoms with Crippen LogP contribution in [0.3, 0.4) is 0 Å². The molecule has 0 unspecified atom stereocenters. The molecule has 0 N–H and O–H groups in total. The summed E-state index contributed by atoms with van der Waals surface area (Å²) in [6.45, 7) is 0. The van der Waals surface area contributed by atoms with Gasteiger partial charge in [-0.25, -0.2) is 12.7 Å². The molecule has 0 aliphatic rings. The van der Waals surface area contributed by atoms with E-state index < -0.39 is 10.0 Å². The lowest BCUT2D eigenvalue weighted by Crippen LogP contribution is -2.26. The van der Waals surface area contributed by atoms with Gasteiger partial charge in [-0.2, -0.15) is 0 Å². The van der Waals surface area contributed by atoms with Crippen LogP contribution in [-0.2, 0) is 10.0 Å². The van der Waals surface area contributed by atoms with Gasteiger partial charge >= 0.3 is 0 Å². The molecule has 0 heterocycles. The van der Waals surface area contributed by atoms with Gasteiger partial charge in [-0.3, -0.25) is 0 Å². The summed E-state index contributed by atoms with van der Waals surface area (Å²) in [5.41, 5.74) is 1.15. The zero-order valence-corrected chi connectivity index (χ0v) is 15.9. The summed E-state index contributed by atoms with van der Waals surface area (Å²) in [6.07, 6.45) is 0. The molecular formula is C22H16ClNO2S. The smallest absolute Gasteiger partial charge is 0.234 e. The van der Waals surface area contributed by atoms with Crippen LogP contribution in [0.25, 0.3) is 10.8 Å². The number of hydrogen-bond acceptors (Lipinski definition) is 2. The predicted octanol–water partition coefficient (Wildman–Crippen LogP) is 6.02. The third-order valence-corrected chi connectivity index (χ3v) is 6.33. The number of para-hydroxylation sites is 1. The Morgan fingerprint density at radius 1 is 0.630 bits per heavy atom. The molecule has 0 radical (unpaired) electrons. The molecule has 5 heteroatoms. The lowest BCUT2D eigenvalue weighted by molar-refractivity contribution is 0.596. The van der Waals surface area contributed by atoms with Crippen LogP contribution in [0.5, 0.6) is 0 Å². The number of hydrogen-bond donors (Lipinski definition) is 0. The minimum atomic E-state index is -3.82. The maximum absolute atomic E-state index is 13.5. The second kappa shape index (κ2) is 7.06. The first kappa shape index (κ1) is 17.6. The summed E-state index contributed by atoms with van der Waals surface area (Å²) in [7, 11) is -3.82. The monoisotopic (exact) mass is 393 g/mol. The zero-order chi connectivity index (χ0) is 18.9. The average Bonchev–Trinajstić information content (AvgIpc) is 2.69. The number of halogens is 1. The highest BCUT2D eigenvalue weighted by atomic mass is 35.5. The fraction of sp³-hybridized carbons (Fsp3) is 0. The van der Waals surface area contributed by atoms with Gasteiger partial charge in [0.15, 0.2) is 0 Å². The minimum absolute atomic E-state index is 0.184. The van der Waals surface area contributed by atoms with E-state index in [-0.39, 0.29) is 4.90 Å². The van der Waals surface area contributed by atoms with Crippen molar-refractivity contribution in [2.75, 3.05) is 4.31 Å². The quantitative estimate of drug-likeness (QED) is 0.425. The largest absolute Gasteiger partial charge is 0.268 e. The van der Waals surface area contributed by atoms with Gasteiger partial charge in [0.2, 0.25) is 0 Å². The van der Waals surface area contributed by atoms with Gasteiger partial charge in [0.1, 0.15) is 0 Å². The van der Waals surface area contributed by atoms with Gasteiger partial charge in [0, 0.05) is 5.02 Å². The van der Waals surface area contributed by atoms with Crippen LogP contribution in [0, 0.1) is 0 Å². The zero-order valence-electron chi connectivity index (χ0n) is 14.3. The third kappa shape index (κ3) is 3.42. The van der Waals surface area contributed by atoms with Crippen molar-refractivity contribution in [1.29, 1.82) is 0 Å². The molecule has 0 amide bonds. The van der Waals surface area contributed by atoms with E-state index in [4.69, 9.17) is 11.6 Å². The molecule has 0 aliphatic carbocycles. The van der Waals surface area contributed by atoms with Crippen LogP contribution in [-0.4, -0.2) is 8.42 Å². The van der Waals surface area contributed by atoms with Crippen LogP contribution in [0.4, 0.5) is 11.4 Å². The van der Waals surface area contributed by atoms with E-state index in [1.807, 2.05) is 60.7 Å². The van der Waals surface area contributed by atoms with E-state index in [0.29, 0.717) is 16.4 Å². The molecule has 0 saturated carbocycles. The fourth-order valence-corrected chi connectivity index (χ4v) is 4.61. The summed E-state index contributed by atoms with van der Waals surface area (Å²) in [5, 5.41) is 2.52. The molecule has 4 aromatic carbocycles. The van der Waals surface area contributed by atoms with Gasteiger partial charge in [0.05, 0.1) is 16.3 Å². The molecule has 0 atom stereocenters. The molecule has 0 saturated heterocycles. The average molecular weight is 394 g/mol. The Morgan fingerprint density at radius 3 is 1.96 bits per heavy atom. The molecule has 4 aromatic rings. The first-order valence-corrected chi connectivity index (χ1v) is 10.2. The second-order valence-corrected chi connectivity index (χ2v) is 8.31. The maximum atomic E-state index is 13.5. The van der Waals surface area contributed by atoms with Crippen molar-refractivity contribution >= 4 is 43.8 Å². The highest BCUT2D eigenvalue weighted by Gasteiger charge is 2.26. The van der Waals surface area contributed by atoms with Gasteiger partial charge in [-0.1, -0.05) is 60.1 Å². The molecule has 0 spiro atoms. The second-order valence-electron chi connectivity index (χ2n) is 6.09. The number of rotatable bonds is 4. The Kier molecular flexibility index (Phi) is 4.60. The Balaban J connectivity index is 1.92. The summed E-state index contributed by atoms with van der Waals surface area (Å²) in [6, 6.07) is 28.8. The van der Waals surface area contributed by atoms with Crippen LogP contribution in [0.1, 0.15) is 0 Å². The van der Waals surface area contributed by atoms with Crippen molar-refractivity contribution in [3.8, 4) is 0 Å². The Labute approximate surface area is 163 Å². The van der Waals surface area contributed by atoms with Crippen molar-refractivity contribution < 1.29 is 8.42 Å². The normalized spacial score (nSPS) is 11.4. The van der Waals surface area contributed by atoms with E-state index >= 15 is 0 Å². The lowest BCUT2D eigenvalue weighted by atomic mass is 10.1. The lowest BCUT2D eigenvalue weighted by Gasteiger charge is -2.25. The highest BCUT2D eigenvalue weighted by molar-refractivity contribution is 7.93. The number of nitrogens with zero attached hydrogens (tertiary/aromatic N) is 1. The topological polar surface area (TPSA) is 37.4 Å². The van der Waals surface area contributed by atoms with Gasteiger partial charge in [0.25, 0.3) is 10.0 Å². The standard InChI is InChI=1S/C22H16ClNO2S/c23-19-11-14-22(15-12-19)27(25,26)24(20-8-2-1-3-9-20)21-13-10-17-6-4-5-7-18(17)16-21/h1-16H. The van der Waals surface area contributed by atoms with E-state index in [9.17, 15) is 8.42 Å². The van der Waals surface area contributed by atoms with Gasteiger partial charge in [-0.05, 0) is 59.3 Å². The molecule has 134 valence electrons. The number of fused-ring (bicyclic) bond motifs is 1.